The lowest BCUT2D eigenvalue weighted by atomic mass is 9.98. The zero-order valence-electron chi connectivity index (χ0n) is 16.5. The highest BCUT2D eigenvalue weighted by Crippen LogP contribution is 2.38. The first kappa shape index (κ1) is 19.5. The van der Waals surface area contributed by atoms with Crippen molar-refractivity contribution in [3.63, 3.8) is 0 Å². The standard InChI is InChI=1S/C22H19F3N6/c23-6-9-31-7-4-13(5-8-31)14-10-15-20-18(12-27-30-20)28-22(29-21(15)26-11-14)19-16(24)2-1-3-17(19)25/h1-4,10-12H,5-9H2,(H,27,30)(H,26,28,29). The number of aromatic amines is 1. The molecule has 0 saturated carbocycles. The van der Waals surface area contributed by atoms with Gasteiger partial charge in [-0.25, -0.2) is 23.1 Å². The Hall–Kier alpha value is -3.46. The van der Waals surface area contributed by atoms with Crippen molar-refractivity contribution in [1.82, 2.24) is 20.1 Å². The van der Waals surface area contributed by atoms with Gasteiger partial charge in [-0.15, -0.1) is 0 Å². The van der Waals surface area contributed by atoms with E-state index < -0.39 is 11.6 Å². The summed E-state index contributed by atoms with van der Waals surface area (Å²) in [7, 11) is 0. The van der Waals surface area contributed by atoms with Crippen LogP contribution < -0.4 is 5.32 Å². The van der Waals surface area contributed by atoms with Gasteiger partial charge in [0.2, 0.25) is 0 Å². The maximum absolute atomic E-state index is 14.4. The van der Waals surface area contributed by atoms with Crippen molar-refractivity contribution >= 4 is 22.9 Å². The van der Waals surface area contributed by atoms with Gasteiger partial charge in [0.15, 0.2) is 0 Å². The minimum absolute atomic E-state index is 0.0241. The summed E-state index contributed by atoms with van der Waals surface area (Å²) < 4.78 is 41.4. The smallest absolute Gasteiger partial charge is 0.145 e. The number of alkyl halides is 1. The summed E-state index contributed by atoms with van der Waals surface area (Å²) in [4.78, 5) is 11.0. The van der Waals surface area contributed by atoms with Crippen molar-refractivity contribution in [3.05, 3.63) is 65.5 Å². The minimum Gasteiger partial charge on any atom is -0.324 e. The van der Waals surface area contributed by atoms with Gasteiger partial charge in [0, 0.05) is 31.4 Å². The first-order valence-corrected chi connectivity index (χ1v) is 9.95. The quantitative estimate of drug-likeness (QED) is 0.655. The molecule has 158 valence electrons. The SMILES string of the molecule is FCCN1CC=C(c2cnc3c(c2)-c2[nH]ncc2N=C(c2c(F)cccc2F)N3)CC1. The van der Waals surface area contributed by atoms with Crippen LogP contribution in [0.4, 0.5) is 24.7 Å². The highest BCUT2D eigenvalue weighted by atomic mass is 19.1. The van der Waals surface area contributed by atoms with Gasteiger partial charge in [0.05, 0.1) is 17.5 Å². The van der Waals surface area contributed by atoms with Gasteiger partial charge in [-0.05, 0) is 35.8 Å². The third kappa shape index (κ3) is 3.61. The zero-order chi connectivity index (χ0) is 21.4. The molecular formula is C22H19F3N6. The molecule has 0 fully saturated rings. The molecule has 3 aromatic rings. The molecule has 0 unspecified atom stereocenters. The first-order valence-electron chi connectivity index (χ1n) is 9.95. The third-order valence-corrected chi connectivity index (χ3v) is 5.51. The highest BCUT2D eigenvalue weighted by molar-refractivity contribution is 6.12. The fraction of sp³-hybridized carbons (Fsp3) is 0.227. The molecule has 2 aliphatic rings. The molecule has 0 atom stereocenters. The van der Waals surface area contributed by atoms with Crippen LogP contribution in [0.1, 0.15) is 17.5 Å². The lowest BCUT2D eigenvalue weighted by Gasteiger charge is -2.25. The van der Waals surface area contributed by atoms with Crippen molar-refractivity contribution in [1.29, 1.82) is 0 Å². The maximum atomic E-state index is 14.4. The molecule has 31 heavy (non-hydrogen) atoms. The number of nitrogens with zero attached hydrogens (tertiary/aromatic N) is 4. The second-order valence-corrected chi connectivity index (χ2v) is 7.40. The summed E-state index contributed by atoms with van der Waals surface area (Å²) >= 11 is 0. The average molecular weight is 424 g/mol. The zero-order valence-corrected chi connectivity index (χ0v) is 16.5. The van der Waals surface area contributed by atoms with E-state index in [4.69, 9.17) is 0 Å². The molecule has 2 aromatic heterocycles. The Bertz CT molecular complexity index is 1180. The van der Waals surface area contributed by atoms with Gasteiger partial charge in [0.25, 0.3) is 0 Å². The van der Waals surface area contributed by atoms with Crippen molar-refractivity contribution in [3.8, 4) is 11.3 Å². The Balaban J connectivity index is 1.55. The fourth-order valence-corrected chi connectivity index (χ4v) is 3.89. The van der Waals surface area contributed by atoms with E-state index in [2.05, 4.69) is 36.5 Å². The summed E-state index contributed by atoms with van der Waals surface area (Å²) in [6.45, 7) is 1.53. The Morgan fingerprint density at radius 3 is 2.71 bits per heavy atom. The topological polar surface area (TPSA) is 69.2 Å². The number of hydrogen-bond acceptors (Lipinski definition) is 5. The molecule has 0 aliphatic carbocycles. The monoisotopic (exact) mass is 424 g/mol. The van der Waals surface area contributed by atoms with Crippen LogP contribution in [0.2, 0.25) is 0 Å². The molecule has 0 spiro atoms. The van der Waals surface area contributed by atoms with Gasteiger partial charge < -0.3 is 5.32 Å². The summed E-state index contributed by atoms with van der Waals surface area (Å²) in [5.74, 6) is -0.997. The highest BCUT2D eigenvalue weighted by Gasteiger charge is 2.24. The number of halogens is 3. The molecule has 0 radical (unpaired) electrons. The predicted octanol–water partition coefficient (Wildman–Crippen LogP) is 4.31. The lowest BCUT2D eigenvalue weighted by Crippen LogP contribution is -2.30. The van der Waals surface area contributed by atoms with Crippen molar-refractivity contribution in [2.24, 2.45) is 4.99 Å². The second kappa shape index (κ2) is 7.99. The largest absolute Gasteiger partial charge is 0.324 e. The Morgan fingerprint density at radius 2 is 1.97 bits per heavy atom. The minimum atomic E-state index is -0.721. The molecule has 1 aromatic carbocycles. The number of amidine groups is 1. The van der Waals surface area contributed by atoms with E-state index in [1.54, 1.807) is 6.20 Å². The van der Waals surface area contributed by atoms with Crippen LogP contribution in [0.3, 0.4) is 0 Å². The number of aromatic nitrogens is 3. The first-order chi connectivity index (χ1) is 15.1. The van der Waals surface area contributed by atoms with Crippen LogP contribution in [-0.4, -0.2) is 52.2 Å². The van der Waals surface area contributed by atoms with Gasteiger partial charge in [-0.3, -0.25) is 10.00 Å². The van der Waals surface area contributed by atoms with Crippen LogP contribution in [-0.2, 0) is 0 Å². The van der Waals surface area contributed by atoms with Crippen molar-refractivity contribution in [2.75, 3.05) is 31.6 Å². The number of hydrogen-bond donors (Lipinski definition) is 2. The molecule has 0 saturated heterocycles. The third-order valence-electron chi connectivity index (χ3n) is 5.51. The van der Waals surface area contributed by atoms with Crippen LogP contribution in [0, 0.1) is 11.6 Å². The van der Waals surface area contributed by atoms with E-state index in [1.807, 2.05) is 6.07 Å². The number of aliphatic imine (C=N–C) groups is 1. The molecule has 6 nitrogen and oxygen atoms in total. The van der Waals surface area contributed by atoms with Gasteiger partial charge >= 0.3 is 0 Å². The molecule has 4 heterocycles. The summed E-state index contributed by atoms with van der Waals surface area (Å²) in [6.07, 6.45) is 6.09. The Labute approximate surface area is 176 Å². The number of pyridine rings is 1. The molecule has 0 bridgehead atoms. The molecule has 5 rings (SSSR count). The van der Waals surface area contributed by atoms with Crippen LogP contribution >= 0.6 is 0 Å². The molecular weight excluding hydrogens is 405 g/mol. The molecule has 2 aliphatic heterocycles. The predicted molar refractivity (Wildman–Crippen MR) is 113 cm³/mol. The Morgan fingerprint density at radius 1 is 1.13 bits per heavy atom. The van der Waals surface area contributed by atoms with E-state index in [9.17, 15) is 13.2 Å². The number of H-pyrrole nitrogens is 1. The number of anilines is 1. The number of fused-ring (bicyclic) bond motifs is 3. The summed E-state index contributed by atoms with van der Waals surface area (Å²) in [6, 6.07) is 5.63. The van der Waals surface area contributed by atoms with Gasteiger partial charge in [-0.1, -0.05) is 12.1 Å². The summed E-state index contributed by atoms with van der Waals surface area (Å²) in [5, 5.41) is 9.96. The van der Waals surface area contributed by atoms with E-state index >= 15 is 0 Å². The van der Waals surface area contributed by atoms with Gasteiger partial charge in [0.1, 0.15) is 35.6 Å². The van der Waals surface area contributed by atoms with Crippen LogP contribution in [0.25, 0.3) is 16.8 Å². The number of nitrogens with one attached hydrogen (secondary N) is 2. The maximum Gasteiger partial charge on any atom is 0.145 e. The van der Waals surface area contributed by atoms with Crippen LogP contribution in [0.5, 0.6) is 0 Å². The number of benzene rings is 1. The van der Waals surface area contributed by atoms with Gasteiger partial charge in [-0.2, -0.15) is 5.10 Å². The molecule has 9 heteroatoms. The van der Waals surface area contributed by atoms with E-state index in [0.29, 0.717) is 35.9 Å². The van der Waals surface area contributed by atoms with Crippen molar-refractivity contribution in [2.45, 2.75) is 6.42 Å². The Kier molecular flexibility index (Phi) is 5.03. The summed E-state index contributed by atoms with van der Waals surface area (Å²) in [5.41, 5.74) is 3.57. The molecule has 2 N–H and O–H groups in total. The van der Waals surface area contributed by atoms with Crippen molar-refractivity contribution < 1.29 is 13.2 Å². The molecule has 0 amide bonds. The second-order valence-electron chi connectivity index (χ2n) is 7.40. The fourth-order valence-electron chi connectivity index (χ4n) is 3.89. The number of rotatable bonds is 4. The van der Waals surface area contributed by atoms with E-state index in [0.717, 1.165) is 24.1 Å². The van der Waals surface area contributed by atoms with E-state index in [1.165, 1.54) is 24.4 Å². The van der Waals surface area contributed by atoms with E-state index in [-0.39, 0.29) is 18.1 Å². The normalized spacial score (nSPS) is 16.0. The lowest BCUT2D eigenvalue weighted by molar-refractivity contribution is 0.270. The van der Waals surface area contributed by atoms with Crippen LogP contribution in [0.15, 0.2) is 47.7 Å². The average Bonchev–Trinajstić information content (AvgIpc) is 3.17.